The van der Waals surface area contributed by atoms with Crippen molar-refractivity contribution in [2.75, 3.05) is 7.05 Å². The summed E-state index contributed by atoms with van der Waals surface area (Å²) in [6.45, 7) is 0. The molecule has 1 amide bonds. The van der Waals surface area contributed by atoms with E-state index >= 15 is 0 Å². The molecule has 2 heterocycles. The van der Waals surface area contributed by atoms with Crippen LogP contribution in [0.3, 0.4) is 0 Å². The molecule has 1 fully saturated rings. The molecule has 2 aromatic carbocycles. The molecule has 1 aromatic heterocycles. The van der Waals surface area contributed by atoms with E-state index in [0.717, 1.165) is 16.5 Å². The van der Waals surface area contributed by atoms with Crippen LogP contribution in [-0.2, 0) is 4.79 Å². The SMILES string of the molecule is CN1C(=O)/C(=C/c2coc3ccccc23)SC1=Nc1ccc(C(=O)O)cc1. The Morgan fingerprint density at radius 2 is 1.93 bits per heavy atom. The molecular weight excluding hydrogens is 364 g/mol. The Hall–Kier alpha value is -3.32. The molecule has 0 saturated carbocycles. The zero-order valence-electron chi connectivity index (χ0n) is 14.2. The van der Waals surface area contributed by atoms with Crippen molar-refractivity contribution in [3.63, 3.8) is 0 Å². The highest BCUT2D eigenvalue weighted by Crippen LogP contribution is 2.34. The molecule has 1 aliphatic rings. The van der Waals surface area contributed by atoms with E-state index in [0.29, 0.717) is 15.8 Å². The second-order valence-corrected chi connectivity index (χ2v) is 6.92. The van der Waals surface area contributed by atoms with E-state index in [1.165, 1.54) is 28.8 Å². The van der Waals surface area contributed by atoms with Crippen LogP contribution in [0.25, 0.3) is 17.0 Å². The van der Waals surface area contributed by atoms with E-state index in [9.17, 15) is 9.59 Å². The van der Waals surface area contributed by atoms with Gasteiger partial charge in [0.05, 0.1) is 22.4 Å². The maximum Gasteiger partial charge on any atom is 0.335 e. The van der Waals surface area contributed by atoms with Crippen LogP contribution in [0.4, 0.5) is 5.69 Å². The van der Waals surface area contributed by atoms with E-state index in [1.807, 2.05) is 24.3 Å². The van der Waals surface area contributed by atoms with Gasteiger partial charge in [0.1, 0.15) is 5.58 Å². The normalized spacial score (nSPS) is 17.4. The number of carboxylic acids is 1. The first kappa shape index (κ1) is 17.1. The van der Waals surface area contributed by atoms with E-state index in [1.54, 1.807) is 31.5 Å². The van der Waals surface area contributed by atoms with Gasteiger partial charge < -0.3 is 9.52 Å². The number of nitrogens with zero attached hydrogens (tertiary/aromatic N) is 2. The number of amidine groups is 1. The molecule has 0 radical (unpaired) electrons. The fourth-order valence-electron chi connectivity index (χ4n) is 2.69. The molecule has 0 spiro atoms. The summed E-state index contributed by atoms with van der Waals surface area (Å²) in [6, 6.07) is 13.8. The van der Waals surface area contributed by atoms with Gasteiger partial charge in [-0.2, -0.15) is 0 Å². The van der Waals surface area contributed by atoms with E-state index < -0.39 is 5.97 Å². The van der Waals surface area contributed by atoms with Gasteiger partial charge in [-0.15, -0.1) is 0 Å². The monoisotopic (exact) mass is 378 g/mol. The zero-order valence-corrected chi connectivity index (χ0v) is 15.1. The lowest BCUT2D eigenvalue weighted by Gasteiger charge is -2.07. The Morgan fingerprint density at radius 3 is 2.67 bits per heavy atom. The molecule has 134 valence electrons. The minimum atomic E-state index is -0.991. The number of aromatic carboxylic acids is 1. The molecule has 1 aliphatic heterocycles. The van der Waals surface area contributed by atoms with Gasteiger partial charge in [0.15, 0.2) is 5.17 Å². The second-order valence-electron chi connectivity index (χ2n) is 5.91. The summed E-state index contributed by atoms with van der Waals surface area (Å²) in [5.74, 6) is -1.14. The number of aliphatic imine (C=N–C) groups is 1. The van der Waals surface area contributed by atoms with E-state index in [2.05, 4.69) is 4.99 Å². The van der Waals surface area contributed by atoms with Gasteiger partial charge in [0, 0.05) is 18.0 Å². The molecule has 0 bridgehead atoms. The lowest BCUT2D eigenvalue weighted by molar-refractivity contribution is -0.121. The number of hydrogen-bond donors (Lipinski definition) is 1. The minimum absolute atomic E-state index is 0.147. The van der Waals surface area contributed by atoms with Gasteiger partial charge in [-0.05, 0) is 48.2 Å². The molecule has 7 heteroatoms. The Labute approximate surface area is 158 Å². The number of carboxylic acid groups (broad SMARTS) is 1. The molecule has 1 N–H and O–H groups in total. The van der Waals surface area contributed by atoms with Crippen molar-refractivity contribution in [2.45, 2.75) is 0 Å². The number of carbonyl (C=O) groups is 2. The van der Waals surface area contributed by atoms with Crippen LogP contribution < -0.4 is 0 Å². The molecule has 0 atom stereocenters. The maximum absolute atomic E-state index is 12.6. The number of benzene rings is 2. The molecular formula is C20H14N2O4S. The highest BCUT2D eigenvalue weighted by atomic mass is 32.2. The second kappa shape index (κ2) is 6.77. The van der Waals surface area contributed by atoms with Gasteiger partial charge in [-0.25, -0.2) is 9.79 Å². The van der Waals surface area contributed by atoms with Crippen LogP contribution in [0.15, 0.2) is 69.1 Å². The quantitative estimate of drug-likeness (QED) is 0.685. The third-order valence-electron chi connectivity index (χ3n) is 4.14. The molecule has 4 rings (SSSR count). The van der Waals surface area contributed by atoms with Gasteiger partial charge in [0.25, 0.3) is 5.91 Å². The fourth-order valence-corrected chi connectivity index (χ4v) is 3.67. The highest BCUT2D eigenvalue weighted by molar-refractivity contribution is 8.18. The van der Waals surface area contributed by atoms with Crippen molar-refractivity contribution in [1.82, 2.24) is 4.90 Å². The molecule has 3 aromatic rings. The van der Waals surface area contributed by atoms with Crippen LogP contribution in [0.5, 0.6) is 0 Å². The summed E-state index contributed by atoms with van der Waals surface area (Å²) in [5, 5.41) is 10.4. The topological polar surface area (TPSA) is 83.1 Å². The minimum Gasteiger partial charge on any atom is -0.478 e. The maximum atomic E-state index is 12.6. The first-order valence-electron chi connectivity index (χ1n) is 8.09. The zero-order chi connectivity index (χ0) is 19.0. The summed E-state index contributed by atoms with van der Waals surface area (Å²) >= 11 is 1.27. The number of amides is 1. The Morgan fingerprint density at radius 1 is 1.19 bits per heavy atom. The Balaban J connectivity index is 1.64. The van der Waals surface area contributed by atoms with E-state index in [4.69, 9.17) is 9.52 Å². The van der Waals surface area contributed by atoms with Gasteiger partial charge in [-0.3, -0.25) is 9.69 Å². The molecule has 0 unspecified atom stereocenters. The standard InChI is InChI=1S/C20H14N2O4S/c1-22-18(23)17(10-13-11-26-16-5-3-2-4-15(13)16)27-20(22)21-14-8-6-12(7-9-14)19(24)25/h2-11H,1H3,(H,24,25)/b17-10-,21-20?. The lowest BCUT2D eigenvalue weighted by Crippen LogP contribution is -2.23. The summed E-state index contributed by atoms with van der Waals surface area (Å²) in [5.41, 5.74) is 2.37. The molecule has 6 nitrogen and oxygen atoms in total. The molecule has 27 heavy (non-hydrogen) atoms. The first-order chi connectivity index (χ1) is 13.0. The number of fused-ring (bicyclic) bond motifs is 1. The van der Waals surface area contributed by atoms with Gasteiger partial charge in [-0.1, -0.05) is 18.2 Å². The predicted molar refractivity (Wildman–Crippen MR) is 105 cm³/mol. The summed E-state index contributed by atoms with van der Waals surface area (Å²) in [7, 11) is 1.66. The predicted octanol–water partition coefficient (Wildman–Crippen LogP) is 4.36. The molecule has 1 saturated heterocycles. The van der Waals surface area contributed by atoms with E-state index in [-0.39, 0.29) is 11.5 Å². The highest BCUT2D eigenvalue weighted by Gasteiger charge is 2.30. The summed E-state index contributed by atoms with van der Waals surface area (Å²) in [6.07, 6.45) is 3.43. The average Bonchev–Trinajstić information content (AvgIpc) is 3.19. The van der Waals surface area contributed by atoms with Crippen LogP contribution >= 0.6 is 11.8 Å². The number of carbonyl (C=O) groups excluding carboxylic acids is 1. The third kappa shape index (κ3) is 3.24. The Bertz CT molecular complexity index is 1110. The number of thioether (sulfide) groups is 1. The fraction of sp³-hybridized carbons (Fsp3) is 0.0500. The van der Waals surface area contributed by atoms with Crippen molar-refractivity contribution in [3.8, 4) is 0 Å². The van der Waals surface area contributed by atoms with Crippen molar-refractivity contribution < 1.29 is 19.1 Å². The average molecular weight is 378 g/mol. The largest absolute Gasteiger partial charge is 0.478 e. The number of hydrogen-bond acceptors (Lipinski definition) is 5. The van der Waals surface area contributed by atoms with Crippen LogP contribution in [0.2, 0.25) is 0 Å². The molecule has 0 aliphatic carbocycles. The number of furan rings is 1. The smallest absolute Gasteiger partial charge is 0.335 e. The number of rotatable bonds is 3. The van der Waals surface area contributed by atoms with Crippen molar-refractivity contribution in [1.29, 1.82) is 0 Å². The third-order valence-corrected chi connectivity index (χ3v) is 5.20. The van der Waals surface area contributed by atoms with Crippen molar-refractivity contribution >= 4 is 51.5 Å². The van der Waals surface area contributed by atoms with Crippen LogP contribution in [0, 0.1) is 0 Å². The van der Waals surface area contributed by atoms with Gasteiger partial charge >= 0.3 is 5.97 Å². The first-order valence-corrected chi connectivity index (χ1v) is 8.90. The van der Waals surface area contributed by atoms with Crippen LogP contribution in [-0.4, -0.2) is 34.1 Å². The van der Waals surface area contributed by atoms with Crippen molar-refractivity contribution in [3.05, 3.63) is 70.8 Å². The van der Waals surface area contributed by atoms with Gasteiger partial charge in [0.2, 0.25) is 0 Å². The Kier molecular flexibility index (Phi) is 4.29. The van der Waals surface area contributed by atoms with Crippen LogP contribution in [0.1, 0.15) is 15.9 Å². The lowest BCUT2D eigenvalue weighted by atomic mass is 10.1. The number of para-hydroxylation sites is 1. The summed E-state index contributed by atoms with van der Waals surface area (Å²) < 4.78 is 5.52. The summed E-state index contributed by atoms with van der Waals surface area (Å²) in [4.78, 5) is 30.0. The number of likely N-dealkylation sites (N-methyl/N-ethyl adjacent to an activating group) is 1. The van der Waals surface area contributed by atoms with Crippen molar-refractivity contribution in [2.24, 2.45) is 4.99 Å².